The summed E-state index contributed by atoms with van der Waals surface area (Å²) in [7, 11) is 0. The first-order chi connectivity index (χ1) is 18.5. The second-order valence-electron chi connectivity index (χ2n) is 8.85. The number of carbonyl (C=O) groups is 2. The molecule has 2 N–H and O–H groups in total. The summed E-state index contributed by atoms with van der Waals surface area (Å²) in [5, 5.41) is 17.4. The number of pyridine rings is 1. The van der Waals surface area contributed by atoms with Crippen molar-refractivity contribution in [2.24, 2.45) is 0 Å². The molecule has 0 atom stereocenters. The Kier molecular flexibility index (Phi) is 7.33. The molecule has 1 aliphatic carbocycles. The fourth-order valence-corrected chi connectivity index (χ4v) is 4.75. The number of amides is 2. The lowest BCUT2D eigenvalue weighted by Crippen LogP contribution is -2.28. The van der Waals surface area contributed by atoms with Gasteiger partial charge in [-0.3, -0.25) is 9.59 Å². The standard InChI is InChI=1S/C24H19ClF3IN8O2/c1-12-7-13(29)8-16(22(38)32-14-4-5-14)20(12)33-23(39)18-9-15(11-36-31-10-19(35-36)24(26,27)28)34-37(18)21-17(25)3-2-6-30-21/h2-3,6-10,14H,4-5,11H2,1H3,(H,32,38)(H,33,39). The van der Waals surface area contributed by atoms with Gasteiger partial charge in [0.25, 0.3) is 11.8 Å². The number of hydrogen-bond acceptors (Lipinski definition) is 6. The van der Waals surface area contributed by atoms with Crippen molar-refractivity contribution >= 4 is 51.7 Å². The monoisotopic (exact) mass is 670 g/mol. The van der Waals surface area contributed by atoms with Gasteiger partial charge in [0.2, 0.25) is 0 Å². The van der Waals surface area contributed by atoms with Crippen molar-refractivity contribution in [3.05, 3.63) is 79.5 Å². The zero-order valence-corrected chi connectivity index (χ0v) is 23.0. The number of nitrogens with one attached hydrogen (secondary N) is 2. The Morgan fingerprint density at radius 1 is 1.18 bits per heavy atom. The molecule has 1 fully saturated rings. The second-order valence-corrected chi connectivity index (χ2v) is 10.5. The molecule has 0 saturated heterocycles. The molecule has 0 aliphatic heterocycles. The SMILES string of the molecule is Cc1cc(I)cc(C(=O)NC2CC2)c1NC(=O)c1cc(Cn2ncc(C(F)(F)F)n2)nn1-c1ncccc1Cl. The van der Waals surface area contributed by atoms with Crippen LogP contribution in [0.2, 0.25) is 5.02 Å². The quantitative estimate of drug-likeness (QED) is 0.277. The van der Waals surface area contributed by atoms with Gasteiger partial charge in [-0.05, 0) is 78.3 Å². The number of aromatic nitrogens is 6. The van der Waals surface area contributed by atoms with Crippen LogP contribution < -0.4 is 10.6 Å². The molecule has 39 heavy (non-hydrogen) atoms. The summed E-state index contributed by atoms with van der Waals surface area (Å²) in [5.41, 5.74) is 0.306. The molecule has 1 aromatic carbocycles. The second kappa shape index (κ2) is 10.6. The van der Waals surface area contributed by atoms with Crippen LogP contribution in [0.1, 0.15) is 50.6 Å². The summed E-state index contributed by atoms with van der Waals surface area (Å²) >= 11 is 8.42. The normalized spacial score (nSPS) is 13.4. The molecule has 2 amide bonds. The van der Waals surface area contributed by atoms with E-state index in [1.807, 2.05) is 6.07 Å². The Morgan fingerprint density at radius 2 is 1.95 bits per heavy atom. The fraction of sp³-hybridized carbons (Fsp3) is 0.250. The topological polar surface area (TPSA) is 120 Å². The predicted octanol–water partition coefficient (Wildman–Crippen LogP) is 4.64. The van der Waals surface area contributed by atoms with Crippen molar-refractivity contribution in [3.8, 4) is 5.82 Å². The summed E-state index contributed by atoms with van der Waals surface area (Å²) in [6, 6.07) is 8.15. The summed E-state index contributed by atoms with van der Waals surface area (Å²) in [4.78, 5) is 31.6. The molecule has 0 spiro atoms. The van der Waals surface area contributed by atoms with E-state index in [9.17, 15) is 22.8 Å². The average Bonchev–Trinajstić information content (AvgIpc) is 3.37. The van der Waals surface area contributed by atoms with Crippen LogP contribution in [0.15, 0.2) is 42.7 Å². The minimum Gasteiger partial charge on any atom is -0.349 e. The Hall–Kier alpha value is -3.53. The molecule has 1 aliphatic rings. The molecule has 0 radical (unpaired) electrons. The summed E-state index contributed by atoms with van der Waals surface area (Å²) in [6.07, 6.45) is -0.789. The largest absolute Gasteiger partial charge is 0.436 e. The number of aryl methyl sites for hydroxylation is 1. The average molecular weight is 671 g/mol. The highest BCUT2D eigenvalue weighted by Crippen LogP contribution is 2.29. The van der Waals surface area contributed by atoms with E-state index in [1.165, 1.54) is 16.9 Å². The number of anilines is 1. The minimum atomic E-state index is -4.65. The molecule has 5 rings (SSSR count). The lowest BCUT2D eigenvalue weighted by molar-refractivity contribution is -0.141. The van der Waals surface area contributed by atoms with Crippen molar-refractivity contribution in [2.45, 2.75) is 38.5 Å². The van der Waals surface area contributed by atoms with Crippen LogP contribution in [0.5, 0.6) is 0 Å². The third-order valence-electron chi connectivity index (χ3n) is 5.76. The third kappa shape index (κ3) is 6.06. The predicted molar refractivity (Wildman–Crippen MR) is 143 cm³/mol. The highest BCUT2D eigenvalue weighted by molar-refractivity contribution is 14.1. The Labute approximate surface area is 238 Å². The molecule has 202 valence electrons. The van der Waals surface area contributed by atoms with Crippen molar-refractivity contribution in [3.63, 3.8) is 0 Å². The smallest absolute Gasteiger partial charge is 0.349 e. The number of carbonyl (C=O) groups excluding carboxylic acids is 2. The minimum absolute atomic E-state index is 0.0136. The lowest BCUT2D eigenvalue weighted by Gasteiger charge is -2.15. The Balaban J connectivity index is 1.51. The molecule has 3 heterocycles. The number of hydrogen-bond donors (Lipinski definition) is 2. The Morgan fingerprint density at radius 3 is 2.62 bits per heavy atom. The summed E-state index contributed by atoms with van der Waals surface area (Å²) in [6.45, 7) is 1.51. The summed E-state index contributed by atoms with van der Waals surface area (Å²) < 4.78 is 40.9. The van der Waals surface area contributed by atoms with Gasteiger partial charge >= 0.3 is 6.18 Å². The molecule has 15 heteroatoms. The van der Waals surface area contributed by atoms with Crippen LogP contribution in [0.4, 0.5) is 18.9 Å². The van der Waals surface area contributed by atoms with Gasteiger partial charge in [-0.2, -0.15) is 28.2 Å². The van der Waals surface area contributed by atoms with Crippen LogP contribution in [-0.2, 0) is 12.7 Å². The molecule has 10 nitrogen and oxygen atoms in total. The molecule has 0 bridgehead atoms. The summed E-state index contributed by atoms with van der Waals surface area (Å²) in [5.74, 6) is -0.808. The van der Waals surface area contributed by atoms with E-state index >= 15 is 0 Å². The molecule has 3 aromatic heterocycles. The van der Waals surface area contributed by atoms with Crippen LogP contribution in [0.3, 0.4) is 0 Å². The van der Waals surface area contributed by atoms with Gasteiger partial charge < -0.3 is 10.6 Å². The van der Waals surface area contributed by atoms with E-state index in [4.69, 9.17) is 11.6 Å². The number of benzene rings is 1. The van der Waals surface area contributed by atoms with E-state index in [1.54, 1.807) is 25.1 Å². The first-order valence-electron chi connectivity index (χ1n) is 11.6. The lowest BCUT2D eigenvalue weighted by atomic mass is 10.1. The molecular formula is C24H19ClF3IN8O2. The van der Waals surface area contributed by atoms with Crippen molar-refractivity contribution in [2.75, 3.05) is 5.32 Å². The number of rotatable bonds is 7. The van der Waals surface area contributed by atoms with Crippen molar-refractivity contribution < 1.29 is 22.8 Å². The first-order valence-corrected chi connectivity index (χ1v) is 13.0. The van der Waals surface area contributed by atoms with Crippen LogP contribution in [-0.4, -0.2) is 47.6 Å². The fourth-order valence-electron chi connectivity index (χ4n) is 3.77. The maximum absolute atomic E-state index is 13.6. The highest BCUT2D eigenvalue weighted by atomic mass is 127. The van der Waals surface area contributed by atoms with Gasteiger partial charge in [0, 0.05) is 15.8 Å². The van der Waals surface area contributed by atoms with Crippen LogP contribution in [0.25, 0.3) is 5.82 Å². The zero-order chi connectivity index (χ0) is 27.9. The van der Waals surface area contributed by atoms with Gasteiger partial charge in [-0.15, -0.1) is 5.10 Å². The van der Waals surface area contributed by atoms with Gasteiger partial charge in [0.15, 0.2) is 11.5 Å². The number of nitrogens with zero attached hydrogens (tertiary/aromatic N) is 6. The zero-order valence-electron chi connectivity index (χ0n) is 20.1. The number of alkyl halides is 3. The number of halogens is 5. The molecule has 0 unspecified atom stereocenters. The van der Waals surface area contributed by atoms with Gasteiger partial charge in [0.05, 0.1) is 28.2 Å². The van der Waals surface area contributed by atoms with Crippen molar-refractivity contribution in [1.82, 2.24) is 35.1 Å². The van der Waals surface area contributed by atoms with Crippen molar-refractivity contribution in [1.29, 1.82) is 0 Å². The van der Waals surface area contributed by atoms with Gasteiger partial charge in [-0.25, -0.2) is 9.67 Å². The molecule has 4 aromatic rings. The maximum atomic E-state index is 13.6. The van der Waals surface area contributed by atoms with Crippen LogP contribution >= 0.6 is 34.2 Å². The highest BCUT2D eigenvalue weighted by Gasteiger charge is 2.34. The van der Waals surface area contributed by atoms with Gasteiger partial charge in [-0.1, -0.05) is 11.6 Å². The third-order valence-corrected chi connectivity index (χ3v) is 6.68. The maximum Gasteiger partial charge on any atom is 0.436 e. The van der Waals surface area contributed by atoms with E-state index in [-0.39, 0.29) is 40.7 Å². The molecular weight excluding hydrogens is 652 g/mol. The Bertz CT molecular complexity index is 1580. The van der Waals surface area contributed by atoms with E-state index < -0.39 is 17.8 Å². The van der Waals surface area contributed by atoms with Gasteiger partial charge in [0.1, 0.15) is 12.2 Å². The molecule has 1 saturated carbocycles. The van der Waals surface area contributed by atoms with E-state index in [0.29, 0.717) is 23.0 Å². The first kappa shape index (κ1) is 27.1. The van der Waals surface area contributed by atoms with E-state index in [0.717, 1.165) is 21.2 Å². The van der Waals surface area contributed by atoms with Crippen LogP contribution in [0, 0.1) is 10.5 Å². The van der Waals surface area contributed by atoms with E-state index in [2.05, 4.69) is 53.5 Å².